The number of rotatable bonds is 7. The molecule has 0 fully saturated rings. The zero-order chi connectivity index (χ0) is 48.9. The van der Waals surface area contributed by atoms with E-state index in [-0.39, 0.29) is 16.7 Å². The van der Waals surface area contributed by atoms with Gasteiger partial charge in [0.1, 0.15) is 0 Å². The molecule has 0 bridgehead atoms. The van der Waals surface area contributed by atoms with E-state index in [4.69, 9.17) is 0 Å². The van der Waals surface area contributed by atoms with Gasteiger partial charge < -0.3 is 4.90 Å². The van der Waals surface area contributed by atoms with Crippen LogP contribution >= 0.6 is 11.3 Å². The van der Waals surface area contributed by atoms with Crippen molar-refractivity contribution in [3.05, 3.63) is 224 Å². The Hall–Kier alpha value is -7.26. The molecule has 1 heterocycles. The number of benzene rings is 10. The first-order chi connectivity index (χ1) is 33.8. The smallest absolute Gasteiger partial charge is 0.0651 e. The maximum atomic E-state index is 9.91. The van der Waals surface area contributed by atoms with Crippen molar-refractivity contribution in [2.75, 3.05) is 4.90 Å². The molecule has 11 rings (SSSR count). The third-order valence-electron chi connectivity index (χ3n) is 10.5. The molecule has 272 valence electrons. The molecule has 0 unspecified atom stereocenters. The average Bonchev–Trinajstić information content (AvgIpc) is 3.75. The summed E-state index contributed by atoms with van der Waals surface area (Å²) in [5.74, 6) is 0. The first-order valence-corrected chi connectivity index (χ1v) is 19.7. The molecule has 1 nitrogen and oxygen atoms in total. The predicted molar refractivity (Wildman–Crippen MR) is 251 cm³/mol. The number of nitrogens with zero attached hydrogens (tertiary/aromatic N) is 1. The fourth-order valence-electron chi connectivity index (χ4n) is 7.66. The largest absolute Gasteiger partial charge is 0.310 e. The van der Waals surface area contributed by atoms with E-state index in [2.05, 4.69) is 0 Å². The van der Waals surface area contributed by atoms with Crippen LogP contribution in [0.3, 0.4) is 0 Å². The van der Waals surface area contributed by atoms with E-state index in [9.17, 15) is 16.4 Å². The van der Waals surface area contributed by atoms with Gasteiger partial charge in [-0.2, -0.15) is 0 Å². The molecule has 0 saturated carbocycles. The molecule has 0 spiro atoms. The van der Waals surface area contributed by atoms with Gasteiger partial charge in [-0.25, -0.2) is 0 Å². The SMILES string of the molecule is [2H]c1c([2H])c(-c2ccc3sc4ccccc4c3c2)c([2H])c(N(c2c([2H])c([2H])c(-c3ccc(-c4cccc5ccccc45)cc3)c([2H])c2[2H])c2c([2H])c([2H])c(-c3cccc4ccccc34)c([2H])c2[2H])c1[2H]. The minimum absolute atomic E-state index is 0.0331. The normalized spacial score (nSPS) is 14.3. The number of hydrogen-bond donors (Lipinski definition) is 0. The summed E-state index contributed by atoms with van der Waals surface area (Å²) in [6.07, 6.45) is 0. The Balaban J connectivity index is 1.17. The van der Waals surface area contributed by atoms with Crippen molar-refractivity contribution in [1.82, 2.24) is 0 Å². The summed E-state index contributed by atoms with van der Waals surface area (Å²) in [5, 5.41) is 5.33. The lowest BCUT2D eigenvalue weighted by Crippen LogP contribution is -2.10. The quantitative estimate of drug-likeness (QED) is 0.156. The van der Waals surface area contributed by atoms with Crippen molar-refractivity contribution < 1.29 is 16.4 Å². The number of hydrogen-bond acceptors (Lipinski definition) is 2. The molecule has 2 heteroatoms. The summed E-state index contributed by atoms with van der Waals surface area (Å²) in [7, 11) is 0. The summed E-state index contributed by atoms with van der Waals surface area (Å²) in [6, 6.07) is 40.0. The highest BCUT2D eigenvalue weighted by atomic mass is 32.1. The molecule has 0 aliphatic heterocycles. The average molecular weight is 768 g/mol. The van der Waals surface area contributed by atoms with Crippen LogP contribution in [0.2, 0.25) is 0 Å². The molecule has 0 saturated heterocycles. The Morgan fingerprint density at radius 1 is 0.345 bits per heavy atom. The Bertz CT molecular complexity index is 3930. The molecule has 0 amide bonds. The van der Waals surface area contributed by atoms with E-state index >= 15 is 0 Å². The molecule has 1 aromatic heterocycles. The van der Waals surface area contributed by atoms with Gasteiger partial charge >= 0.3 is 0 Å². The Labute approximate surface area is 359 Å². The number of fused-ring (bicyclic) bond motifs is 5. The Morgan fingerprint density at radius 3 is 1.57 bits per heavy atom. The standard InChI is InChI=1S/C56H37NS/c1-3-16-49-40(10-1)12-8-19-51(49)42-24-22-38(23-25-42)39-26-31-46(32-27-39)57(47-33-28-43(29-34-47)52-20-9-13-41-11-2-4-17-50(41)52)48-15-7-14-44(36-48)45-30-35-56-54(37-45)53-18-5-6-21-55(53)58-56/h1-37H/i7D,14D,15D,26D,27D,28D,29D,31D,32D,33D,34D,36D. The first-order valence-electron chi connectivity index (χ1n) is 24.9. The van der Waals surface area contributed by atoms with Crippen LogP contribution < -0.4 is 4.90 Å². The van der Waals surface area contributed by atoms with E-state index < -0.39 is 89.6 Å². The number of thiophene rings is 1. The van der Waals surface area contributed by atoms with Gasteiger partial charge in [-0.1, -0.05) is 170 Å². The molecule has 0 aliphatic carbocycles. The molecule has 0 atom stereocenters. The van der Waals surface area contributed by atoms with Crippen molar-refractivity contribution in [1.29, 1.82) is 0 Å². The lowest BCUT2D eigenvalue weighted by atomic mass is 9.96. The van der Waals surface area contributed by atoms with E-state index in [1.165, 1.54) is 0 Å². The highest BCUT2D eigenvalue weighted by Gasteiger charge is 2.16. The van der Waals surface area contributed by atoms with Crippen molar-refractivity contribution in [2.24, 2.45) is 0 Å². The van der Waals surface area contributed by atoms with Crippen LogP contribution in [0, 0.1) is 0 Å². The van der Waals surface area contributed by atoms with Gasteiger partial charge in [-0.3, -0.25) is 0 Å². The molecule has 0 aliphatic rings. The van der Waals surface area contributed by atoms with Crippen LogP contribution in [0.1, 0.15) is 16.4 Å². The fraction of sp³-hybridized carbons (Fsp3) is 0. The molecule has 0 N–H and O–H groups in total. The van der Waals surface area contributed by atoms with E-state index in [0.29, 0.717) is 22.1 Å². The summed E-state index contributed by atoms with van der Waals surface area (Å²) >= 11 is 1.57. The third kappa shape index (κ3) is 6.12. The Kier molecular flexibility index (Phi) is 5.87. The molecule has 11 aromatic rings. The molecule has 10 aromatic carbocycles. The van der Waals surface area contributed by atoms with Crippen LogP contribution in [0.15, 0.2) is 224 Å². The van der Waals surface area contributed by atoms with Gasteiger partial charge in [0.25, 0.3) is 0 Å². The zero-order valence-electron chi connectivity index (χ0n) is 42.8. The molecule has 58 heavy (non-hydrogen) atoms. The van der Waals surface area contributed by atoms with E-state index in [1.54, 1.807) is 53.8 Å². The zero-order valence-corrected chi connectivity index (χ0v) is 31.6. The molecule has 0 radical (unpaired) electrons. The second-order valence-electron chi connectivity index (χ2n) is 13.9. The monoisotopic (exact) mass is 767 g/mol. The Morgan fingerprint density at radius 2 is 0.879 bits per heavy atom. The van der Waals surface area contributed by atoms with Gasteiger partial charge in [-0.05, 0) is 121 Å². The van der Waals surface area contributed by atoms with Gasteiger partial charge in [0.15, 0.2) is 0 Å². The van der Waals surface area contributed by atoms with Crippen molar-refractivity contribution in [2.45, 2.75) is 0 Å². The van der Waals surface area contributed by atoms with Crippen LogP contribution in [0.4, 0.5) is 17.1 Å². The molecular weight excluding hydrogens is 719 g/mol. The van der Waals surface area contributed by atoms with Gasteiger partial charge in [0, 0.05) is 37.2 Å². The van der Waals surface area contributed by atoms with Gasteiger partial charge in [0.05, 0.1) is 16.4 Å². The highest BCUT2D eigenvalue weighted by Crippen LogP contribution is 2.41. The first kappa shape index (κ1) is 23.7. The van der Waals surface area contributed by atoms with Crippen molar-refractivity contribution in [3.8, 4) is 44.5 Å². The summed E-state index contributed by atoms with van der Waals surface area (Å²) < 4.78 is 117. The highest BCUT2D eigenvalue weighted by molar-refractivity contribution is 7.25. The molecular formula is C56H37NS. The maximum absolute atomic E-state index is 9.91. The van der Waals surface area contributed by atoms with Gasteiger partial charge in [-0.15, -0.1) is 11.3 Å². The van der Waals surface area contributed by atoms with Crippen LogP contribution in [0.25, 0.3) is 86.2 Å². The predicted octanol–water partition coefficient (Wildman–Crippen LogP) is 16.5. The van der Waals surface area contributed by atoms with Gasteiger partial charge in [0.2, 0.25) is 0 Å². The van der Waals surface area contributed by atoms with Crippen LogP contribution in [-0.4, -0.2) is 0 Å². The van der Waals surface area contributed by atoms with Crippen LogP contribution in [-0.2, 0) is 0 Å². The summed E-state index contributed by atoms with van der Waals surface area (Å²) in [6.45, 7) is 0. The second kappa shape index (κ2) is 14.4. The minimum atomic E-state index is -0.722. The maximum Gasteiger partial charge on any atom is 0.0651 e. The van der Waals surface area contributed by atoms with Crippen molar-refractivity contribution in [3.63, 3.8) is 0 Å². The lowest BCUT2D eigenvalue weighted by Gasteiger charge is -2.26. The number of anilines is 3. The second-order valence-corrected chi connectivity index (χ2v) is 15.0. The van der Waals surface area contributed by atoms with Crippen LogP contribution in [0.5, 0.6) is 0 Å². The summed E-state index contributed by atoms with van der Waals surface area (Å²) in [4.78, 5) is 0.909. The van der Waals surface area contributed by atoms with E-state index in [1.807, 2.05) is 109 Å². The topological polar surface area (TPSA) is 3.24 Å². The third-order valence-corrected chi connectivity index (χ3v) is 11.7. The van der Waals surface area contributed by atoms with E-state index in [0.717, 1.165) is 52.4 Å². The summed E-state index contributed by atoms with van der Waals surface area (Å²) in [5.41, 5.74) is 1.17. The lowest BCUT2D eigenvalue weighted by molar-refractivity contribution is 1.28. The fourth-order valence-corrected chi connectivity index (χ4v) is 8.74. The van der Waals surface area contributed by atoms with Crippen molar-refractivity contribution >= 4 is 70.1 Å². The minimum Gasteiger partial charge on any atom is -0.310 e.